The lowest BCUT2D eigenvalue weighted by Crippen LogP contribution is -2.32. The first-order valence-corrected chi connectivity index (χ1v) is 7.43. The number of nitrogens with zero attached hydrogens (tertiary/aromatic N) is 2. The first-order valence-electron chi connectivity index (χ1n) is 5.99. The highest BCUT2D eigenvalue weighted by molar-refractivity contribution is 7.89. The Morgan fingerprint density at radius 2 is 2.10 bits per heavy atom. The maximum absolute atomic E-state index is 12.3. The third-order valence-electron chi connectivity index (χ3n) is 2.75. The number of nitrogens with two attached hydrogens (primary N) is 1. The van der Waals surface area contributed by atoms with Crippen molar-refractivity contribution < 1.29 is 18.4 Å². The molecule has 1 aromatic carbocycles. The van der Waals surface area contributed by atoms with E-state index in [0.717, 1.165) is 10.4 Å². The van der Waals surface area contributed by atoms with Gasteiger partial charge in [-0.1, -0.05) is 6.92 Å². The number of nitro benzene ring substituents is 1. The van der Waals surface area contributed by atoms with Crippen LogP contribution in [0.5, 0.6) is 0 Å². The van der Waals surface area contributed by atoms with Crippen LogP contribution in [0.2, 0.25) is 0 Å². The average Bonchev–Trinajstić information content (AvgIpc) is 2.39. The van der Waals surface area contributed by atoms with Crippen LogP contribution in [0.4, 0.5) is 11.4 Å². The number of aliphatic hydroxyl groups is 1. The molecule has 0 unspecified atom stereocenters. The predicted molar refractivity (Wildman–Crippen MR) is 73.6 cm³/mol. The monoisotopic (exact) mass is 303 g/mol. The van der Waals surface area contributed by atoms with Gasteiger partial charge < -0.3 is 10.8 Å². The van der Waals surface area contributed by atoms with E-state index in [4.69, 9.17) is 10.8 Å². The zero-order valence-electron chi connectivity index (χ0n) is 11.0. The SMILES string of the molecule is CCN(CCCO)S(=O)(=O)c1ccc(N)c([N+](=O)[O-])c1. The molecule has 0 aliphatic heterocycles. The van der Waals surface area contributed by atoms with Crippen LogP contribution in [0.3, 0.4) is 0 Å². The zero-order chi connectivity index (χ0) is 15.3. The molecule has 0 spiro atoms. The largest absolute Gasteiger partial charge is 0.396 e. The van der Waals surface area contributed by atoms with E-state index in [9.17, 15) is 18.5 Å². The fraction of sp³-hybridized carbons (Fsp3) is 0.455. The number of hydrogen-bond donors (Lipinski definition) is 2. The summed E-state index contributed by atoms with van der Waals surface area (Å²) in [5, 5.41) is 19.6. The van der Waals surface area contributed by atoms with Gasteiger partial charge in [-0.2, -0.15) is 4.31 Å². The fourth-order valence-corrected chi connectivity index (χ4v) is 3.19. The quantitative estimate of drug-likeness (QED) is 0.430. The summed E-state index contributed by atoms with van der Waals surface area (Å²) < 4.78 is 25.8. The van der Waals surface area contributed by atoms with Gasteiger partial charge in [0.15, 0.2) is 0 Å². The molecule has 0 bridgehead atoms. The Labute approximate surface area is 117 Å². The first kappa shape index (κ1) is 16.3. The Bertz CT molecular complexity index is 588. The average molecular weight is 303 g/mol. The molecule has 0 aliphatic rings. The normalized spacial score (nSPS) is 11.8. The van der Waals surface area contributed by atoms with Crippen LogP contribution in [0.1, 0.15) is 13.3 Å². The van der Waals surface area contributed by atoms with E-state index in [1.165, 1.54) is 12.1 Å². The maximum Gasteiger partial charge on any atom is 0.293 e. The minimum atomic E-state index is -3.83. The molecule has 3 N–H and O–H groups in total. The molecule has 0 atom stereocenters. The second kappa shape index (κ2) is 6.64. The molecule has 0 aliphatic carbocycles. The van der Waals surface area contributed by atoms with Crippen molar-refractivity contribution >= 4 is 21.4 Å². The zero-order valence-corrected chi connectivity index (χ0v) is 11.8. The number of benzene rings is 1. The summed E-state index contributed by atoms with van der Waals surface area (Å²) in [5.74, 6) is 0. The number of rotatable bonds is 7. The molecule has 0 aromatic heterocycles. The van der Waals surface area contributed by atoms with Crippen molar-refractivity contribution in [2.45, 2.75) is 18.2 Å². The van der Waals surface area contributed by atoms with E-state index >= 15 is 0 Å². The van der Waals surface area contributed by atoms with Crippen LogP contribution < -0.4 is 5.73 Å². The van der Waals surface area contributed by atoms with Gasteiger partial charge >= 0.3 is 0 Å². The van der Waals surface area contributed by atoms with Crippen molar-refractivity contribution in [1.82, 2.24) is 4.31 Å². The van der Waals surface area contributed by atoms with Gasteiger partial charge in [0.1, 0.15) is 5.69 Å². The number of aliphatic hydroxyl groups excluding tert-OH is 1. The third kappa shape index (κ3) is 3.44. The Morgan fingerprint density at radius 1 is 1.45 bits per heavy atom. The predicted octanol–water partition coefficient (Wildman–Crippen LogP) is 0.570. The number of nitro groups is 1. The van der Waals surface area contributed by atoms with E-state index in [2.05, 4.69) is 0 Å². The third-order valence-corrected chi connectivity index (χ3v) is 4.72. The van der Waals surface area contributed by atoms with Crippen molar-refractivity contribution in [2.75, 3.05) is 25.4 Å². The summed E-state index contributed by atoms with van der Waals surface area (Å²) in [6, 6.07) is 3.39. The van der Waals surface area contributed by atoms with E-state index in [1.807, 2.05) is 0 Å². The minimum Gasteiger partial charge on any atom is -0.396 e. The Hall–Kier alpha value is -1.71. The lowest BCUT2D eigenvalue weighted by Gasteiger charge is -2.20. The van der Waals surface area contributed by atoms with Crippen LogP contribution in [0.15, 0.2) is 23.1 Å². The highest BCUT2D eigenvalue weighted by Crippen LogP contribution is 2.26. The highest BCUT2D eigenvalue weighted by Gasteiger charge is 2.25. The van der Waals surface area contributed by atoms with Gasteiger partial charge in [0, 0.05) is 25.8 Å². The van der Waals surface area contributed by atoms with Crippen molar-refractivity contribution in [1.29, 1.82) is 0 Å². The summed E-state index contributed by atoms with van der Waals surface area (Å²) in [4.78, 5) is 9.89. The molecule has 0 radical (unpaired) electrons. The molecule has 20 heavy (non-hydrogen) atoms. The van der Waals surface area contributed by atoms with Crippen molar-refractivity contribution in [3.05, 3.63) is 28.3 Å². The summed E-state index contributed by atoms with van der Waals surface area (Å²) in [7, 11) is -3.83. The van der Waals surface area contributed by atoms with Crippen LogP contribution in [-0.2, 0) is 10.0 Å². The topological polar surface area (TPSA) is 127 Å². The highest BCUT2D eigenvalue weighted by atomic mass is 32.2. The fourth-order valence-electron chi connectivity index (χ4n) is 1.69. The number of sulfonamides is 1. The van der Waals surface area contributed by atoms with Gasteiger partial charge in [0.05, 0.1) is 9.82 Å². The van der Waals surface area contributed by atoms with E-state index in [0.29, 0.717) is 6.42 Å². The molecule has 0 saturated heterocycles. The second-order valence-electron chi connectivity index (χ2n) is 4.05. The molecule has 0 saturated carbocycles. The smallest absolute Gasteiger partial charge is 0.293 e. The standard InChI is InChI=1S/C11H17N3O5S/c1-2-13(6-3-7-15)20(18,19)9-4-5-10(12)11(8-9)14(16)17/h4-5,8,15H,2-3,6-7,12H2,1H3. The summed E-state index contributed by atoms with van der Waals surface area (Å²) >= 11 is 0. The summed E-state index contributed by atoms with van der Waals surface area (Å²) in [6.45, 7) is 1.88. The van der Waals surface area contributed by atoms with Crippen LogP contribution >= 0.6 is 0 Å². The first-order chi connectivity index (χ1) is 9.34. The van der Waals surface area contributed by atoms with Crippen LogP contribution in [0.25, 0.3) is 0 Å². The molecule has 8 nitrogen and oxygen atoms in total. The molecule has 0 fully saturated rings. The Balaban J connectivity index is 3.20. The van der Waals surface area contributed by atoms with Crippen LogP contribution in [-0.4, -0.2) is 42.4 Å². The van der Waals surface area contributed by atoms with Gasteiger partial charge in [-0.05, 0) is 18.6 Å². The lowest BCUT2D eigenvalue weighted by molar-refractivity contribution is -0.384. The Kier molecular flexibility index (Phi) is 5.43. The lowest BCUT2D eigenvalue weighted by atomic mass is 10.3. The molecular formula is C11H17N3O5S. The number of hydrogen-bond acceptors (Lipinski definition) is 6. The van der Waals surface area contributed by atoms with Gasteiger partial charge in [0.25, 0.3) is 5.69 Å². The molecule has 1 aromatic rings. The molecular weight excluding hydrogens is 286 g/mol. The minimum absolute atomic E-state index is 0.0904. The molecule has 9 heteroatoms. The summed E-state index contributed by atoms with van der Waals surface area (Å²) in [6.07, 6.45) is 0.296. The van der Waals surface area contributed by atoms with Crippen LogP contribution in [0, 0.1) is 10.1 Å². The van der Waals surface area contributed by atoms with Gasteiger partial charge in [-0.15, -0.1) is 0 Å². The maximum atomic E-state index is 12.3. The van der Waals surface area contributed by atoms with E-state index in [-0.39, 0.29) is 30.3 Å². The van der Waals surface area contributed by atoms with E-state index < -0.39 is 20.6 Å². The molecule has 112 valence electrons. The van der Waals surface area contributed by atoms with Crippen molar-refractivity contribution in [3.63, 3.8) is 0 Å². The Morgan fingerprint density at radius 3 is 2.60 bits per heavy atom. The second-order valence-corrected chi connectivity index (χ2v) is 5.99. The molecule has 1 rings (SSSR count). The molecule has 0 heterocycles. The van der Waals surface area contributed by atoms with Crippen molar-refractivity contribution in [3.8, 4) is 0 Å². The van der Waals surface area contributed by atoms with E-state index in [1.54, 1.807) is 6.92 Å². The van der Waals surface area contributed by atoms with Gasteiger partial charge in [-0.3, -0.25) is 10.1 Å². The number of anilines is 1. The van der Waals surface area contributed by atoms with Crippen molar-refractivity contribution in [2.24, 2.45) is 0 Å². The van der Waals surface area contributed by atoms with Gasteiger partial charge in [-0.25, -0.2) is 8.42 Å². The van der Waals surface area contributed by atoms with Gasteiger partial charge in [0.2, 0.25) is 10.0 Å². The summed E-state index contributed by atoms with van der Waals surface area (Å²) in [5.41, 5.74) is 4.91. The number of nitrogen functional groups attached to an aromatic ring is 1. The molecule has 0 amide bonds.